The van der Waals surface area contributed by atoms with Crippen LogP contribution in [0.4, 0.5) is 0 Å². The summed E-state index contributed by atoms with van der Waals surface area (Å²) in [4.78, 5) is 23.9. The molecule has 0 bridgehead atoms. The molecule has 1 aromatic heterocycles. The molecule has 2 heterocycles. The van der Waals surface area contributed by atoms with Crippen molar-refractivity contribution < 1.29 is 13.2 Å². The van der Waals surface area contributed by atoms with Gasteiger partial charge in [0.15, 0.2) is 0 Å². The number of nitrogens with zero attached hydrogens (tertiary/aromatic N) is 2. The fourth-order valence-corrected chi connectivity index (χ4v) is 4.24. The van der Waals surface area contributed by atoms with Crippen LogP contribution in [0.2, 0.25) is 0 Å². The molecule has 2 unspecified atom stereocenters. The Balaban J connectivity index is 1.58. The van der Waals surface area contributed by atoms with Crippen LogP contribution in [0.3, 0.4) is 0 Å². The third kappa shape index (κ3) is 4.05. The van der Waals surface area contributed by atoms with Gasteiger partial charge in [-0.1, -0.05) is 6.07 Å². The van der Waals surface area contributed by atoms with Crippen molar-refractivity contribution in [2.75, 3.05) is 19.3 Å². The first-order valence-corrected chi connectivity index (χ1v) is 10.1. The van der Waals surface area contributed by atoms with Gasteiger partial charge in [0.2, 0.25) is 15.9 Å². The van der Waals surface area contributed by atoms with Gasteiger partial charge in [-0.15, -0.1) is 0 Å². The first-order valence-electron chi connectivity index (χ1n) is 8.24. The Morgan fingerprint density at radius 1 is 1.29 bits per heavy atom. The number of rotatable bonds is 6. The minimum Gasteiger partial charge on any atom is -0.352 e. The third-order valence-corrected chi connectivity index (χ3v) is 6.09. The van der Waals surface area contributed by atoms with E-state index in [4.69, 9.17) is 0 Å². The highest BCUT2D eigenvalue weighted by Gasteiger charge is 2.45. The SMILES string of the molecule is CS(=O)(=O)N1CC(NC(=O)CCn2ccccc2=O)C(C2CC2)C1. The zero-order chi connectivity index (χ0) is 17.3. The maximum absolute atomic E-state index is 12.2. The topological polar surface area (TPSA) is 88.5 Å². The van der Waals surface area contributed by atoms with Crippen molar-refractivity contribution >= 4 is 15.9 Å². The summed E-state index contributed by atoms with van der Waals surface area (Å²) < 4.78 is 26.5. The number of sulfonamides is 1. The van der Waals surface area contributed by atoms with E-state index in [1.54, 1.807) is 18.3 Å². The highest BCUT2D eigenvalue weighted by molar-refractivity contribution is 7.88. The van der Waals surface area contributed by atoms with Gasteiger partial charge in [-0.05, 0) is 30.7 Å². The van der Waals surface area contributed by atoms with E-state index < -0.39 is 10.0 Å². The molecule has 24 heavy (non-hydrogen) atoms. The van der Waals surface area contributed by atoms with Crippen LogP contribution in [0.15, 0.2) is 29.2 Å². The predicted octanol–water partition coefficient (Wildman–Crippen LogP) is 0.0246. The van der Waals surface area contributed by atoms with E-state index in [1.807, 2.05) is 0 Å². The van der Waals surface area contributed by atoms with Gasteiger partial charge in [-0.25, -0.2) is 8.42 Å². The molecule has 1 aliphatic heterocycles. The van der Waals surface area contributed by atoms with E-state index >= 15 is 0 Å². The van der Waals surface area contributed by atoms with Gasteiger partial charge in [0, 0.05) is 44.4 Å². The Morgan fingerprint density at radius 3 is 2.67 bits per heavy atom. The number of hydrogen-bond acceptors (Lipinski definition) is 4. The number of amides is 1. The van der Waals surface area contributed by atoms with Gasteiger partial charge in [-0.2, -0.15) is 4.31 Å². The largest absolute Gasteiger partial charge is 0.352 e. The van der Waals surface area contributed by atoms with Gasteiger partial charge in [-0.3, -0.25) is 9.59 Å². The highest BCUT2D eigenvalue weighted by atomic mass is 32.2. The van der Waals surface area contributed by atoms with Crippen molar-refractivity contribution in [1.82, 2.24) is 14.2 Å². The normalized spacial score (nSPS) is 24.9. The van der Waals surface area contributed by atoms with Crippen molar-refractivity contribution in [3.63, 3.8) is 0 Å². The summed E-state index contributed by atoms with van der Waals surface area (Å²) in [5.74, 6) is 0.568. The lowest BCUT2D eigenvalue weighted by molar-refractivity contribution is -0.122. The van der Waals surface area contributed by atoms with Gasteiger partial charge in [0.1, 0.15) is 0 Å². The number of carbonyl (C=O) groups excluding carboxylic acids is 1. The number of carbonyl (C=O) groups is 1. The van der Waals surface area contributed by atoms with E-state index in [1.165, 1.54) is 21.2 Å². The van der Waals surface area contributed by atoms with Crippen LogP contribution in [0.5, 0.6) is 0 Å². The Bertz CT molecular complexity index is 770. The van der Waals surface area contributed by atoms with Gasteiger partial charge in [0.05, 0.1) is 6.26 Å². The van der Waals surface area contributed by atoms with Crippen molar-refractivity contribution in [3.05, 3.63) is 34.7 Å². The number of pyridine rings is 1. The van der Waals surface area contributed by atoms with E-state index in [0.29, 0.717) is 25.6 Å². The molecule has 7 nitrogen and oxygen atoms in total. The predicted molar refractivity (Wildman–Crippen MR) is 89.9 cm³/mol. The van der Waals surface area contributed by atoms with E-state index in [2.05, 4.69) is 5.32 Å². The summed E-state index contributed by atoms with van der Waals surface area (Å²) in [6.45, 7) is 1.16. The van der Waals surface area contributed by atoms with Crippen LogP contribution in [0.1, 0.15) is 19.3 Å². The van der Waals surface area contributed by atoms with Crippen LogP contribution in [0, 0.1) is 11.8 Å². The Hall–Kier alpha value is -1.67. The summed E-state index contributed by atoms with van der Waals surface area (Å²) in [7, 11) is -3.23. The monoisotopic (exact) mass is 353 g/mol. The lowest BCUT2D eigenvalue weighted by Crippen LogP contribution is -2.42. The smallest absolute Gasteiger partial charge is 0.250 e. The zero-order valence-corrected chi connectivity index (χ0v) is 14.5. The van der Waals surface area contributed by atoms with Crippen LogP contribution < -0.4 is 10.9 Å². The summed E-state index contributed by atoms with van der Waals surface area (Å²) in [6, 6.07) is 4.75. The van der Waals surface area contributed by atoms with Crippen LogP contribution >= 0.6 is 0 Å². The first-order chi connectivity index (χ1) is 11.3. The average molecular weight is 353 g/mol. The van der Waals surface area contributed by atoms with Crippen LogP contribution in [-0.4, -0.2) is 48.6 Å². The minimum absolute atomic E-state index is 0.132. The molecule has 8 heteroatoms. The molecule has 132 valence electrons. The molecule has 0 aromatic carbocycles. The minimum atomic E-state index is -3.23. The Morgan fingerprint density at radius 2 is 2.04 bits per heavy atom. The molecule has 1 N–H and O–H groups in total. The molecule has 1 amide bonds. The molecule has 1 saturated carbocycles. The molecular formula is C16H23N3O4S. The second-order valence-electron chi connectivity index (χ2n) is 6.74. The Labute approximate surface area is 141 Å². The number of nitrogens with one attached hydrogen (secondary N) is 1. The fourth-order valence-electron chi connectivity index (χ4n) is 3.36. The lowest BCUT2D eigenvalue weighted by atomic mass is 9.98. The van der Waals surface area contributed by atoms with Crippen LogP contribution in [0.25, 0.3) is 0 Å². The van der Waals surface area contributed by atoms with Crippen molar-refractivity contribution in [3.8, 4) is 0 Å². The van der Waals surface area contributed by atoms with Crippen molar-refractivity contribution in [2.24, 2.45) is 11.8 Å². The van der Waals surface area contributed by atoms with Gasteiger partial charge < -0.3 is 9.88 Å². The molecule has 3 rings (SSSR count). The second-order valence-corrected chi connectivity index (χ2v) is 8.72. The standard InChI is InChI=1S/C16H23N3O4S/c1-24(22,23)19-10-13(12-5-6-12)14(11-19)17-15(20)7-9-18-8-3-2-4-16(18)21/h2-4,8,12-14H,5-7,9-11H2,1H3,(H,17,20). The fraction of sp³-hybridized carbons (Fsp3) is 0.625. The van der Waals surface area contributed by atoms with E-state index in [-0.39, 0.29) is 29.8 Å². The second kappa shape index (κ2) is 6.68. The lowest BCUT2D eigenvalue weighted by Gasteiger charge is -2.19. The Kier molecular flexibility index (Phi) is 4.78. The number of aromatic nitrogens is 1. The molecule has 1 aromatic rings. The molecule has 0 radical (unpaired) electrons. The summed E-state index contributed by atoms with van der Waals surface area (Å²) in [6.07, 6.45) is 5.28. The molecule has 0 spiro atoms. The van der Waals surface area contributed by atoms with E-state index in [0.717, 1.165) is 12.8 Å². The molecular weight excluding hydrogens is 330 g/mol. The van der Waals surface area contributed by atoms with Gasteiger partial charge >= 0.3 is 0 Å². The molecule has 2 aliphatic rings. The summed E-state index contributed by atoms with van der Waals surface area (Å²) >= 11 is 0. The highest BCUT2D eigenvalue weighted by Crippen LogP contribution is 2.41. The number of hydrogen-bond donors (Lipinski definition) is 1. The summed E-state index contributed by atoms with van der Waals surface area (Å²) in [5, 5.41) is 2.98. The molecule has 2 atom stereocenters. The molecule has 1 aliphatic carbocycles. The first kappa shape index (κ1) is 17.2. The van der Waals surface area contributed by atoms with Crippen LogP contribution in [-0.2, 0) is 21.4 Å². The molecule has 2 fully saturated rings. The van der Waals surface area contributed by atoms with Crippen molar-refractivity contribution in [2.45, 2.75) is 31.8 Å². The van der Waals surface area contributed by atoms with E-state index in [9.17, 15) is 18.0 Å². The number of aryl methyl sites for hydroxylation is 1. The third-order valence-electron chi connectivity index (χ3n) is 4.85. The average Bonchev–Trinajstić information content (AvgIpc) is 3.26. The maximum Gasteiger partial charge on any atom is 0.250 e. The zero-order valence-electron chi connectivity index (χ0n) is 13.7. The quantitative estimate of drug-likeness (QED) is 0.781. The maximum atomic E-state index is 12.2. The molecule has 1 saturated heterocycles. The van der Waals surface area contributed by atoms with Crippen molar-refractivity contribution in [1.29, 1.82) is 0 Å². The summed E-state index contributed by atoms with van der Waals surface area (Å²) in [5.41, 5.74) is -0.134. The van der Waals surface area contributed by atoms with Gasteiger partial charge in [0.25, 0.3) is 5.56 Å².